The van der Waals surface area contributed by atoms with Crippen molar-refractivity contribution in [1.29, 1.82) is 0 Å². The van der Waals surface area contributed by atoms with Crippen LogP contribution in [0.4, 0.5) is 5.69 Å². The van der Waals surface area contributed by atoms with Crippen molar-refractivity contribution >= 4 is 34.2 Å². The number of aryl methyl sites for hydroxylation is 1. The van der Waals surface area contributed by atoms with Crippen molar-refractivity contribution in [3.8, 4) is 11.3 Å². The quantitative estimate of drug-likeness (QED) is 0.345. The second kappa shape index (κ2) is 10.4. The predicted molar refractivity (Wildman–Crippen MR) is 135 cm³/mol. The second-order valence-electron chi connectivity index (χ2n) is 8.12. The number of aromatic nitrogens is 2. The fourth-order valence-electron chi connectivity index (χ4n) is 3.98. The number of nitrogens with one attached hydrogen (secondary N) is 1. The number of rotatable bonds is 7. The highest BCUT2D eigenvalue weighted by atomic mass is 127. The molecule has 0 saturated carbocycles. The van der Waals surface area contributed by atoms with Crippen molar-refractivity contribution in [3.05, 3.63) is 77.2 Å². The van der Waals surface area contributed by atoms with E-state index in [-0.39, 0.29) is 18.6 Å². The van der Waals surface area contributed by atoms with Gasteiger partial charge in [-0.3, -0.25) is 14.8 Å². The number of carbonyl (C=O) groups is 1. The number of hydrogen-bond acceptors (Lipinski definition) is 5. The first-order valence-electron chi connectivity index (χ1n) is 10.8. The highest BCUT2D eigenvalue weighted by Gasteiger charge is 2.25. The average Bonchev–Trinajstić information content (AvgIpc) is 3.32. The van der Waals surface area contributed by atoms with Gasteiger partial charge in [0.25, 0.3) is 5.91 Å². The van der Waals surface area contributed by atoms with Crippen molar-refractivity contribution in [2.24, 2.45) is 0 Å². The number of pyridine rings is 2. The molecular formula is C25H27IN4O2. The minimum atomic E-state index is -0.141. The van der Waals surface area contributed by atoms with Crippen LogP contribution < -0.4 is 10.2 Å². The summed E-state index contributed by atoms with van der Waals surface area (Å²) in [5.74, 6) is -0.141. The molecule has 1 fully saturated rings. The van der Waals surface area contributed by atoms with E-state index in [0.29, 0.717) is 12.1 Å². The molecule has 1 aromatic carbocycles. The summed E-state index contributed by atoms with van der Waals surface area (Å²) in [4.78, 5) is 24.2. The van der Waals surface area contributed by atoms with E-state index in [9.17, 15) is 9.90 Å². The van der Waals surface area contributed by atoms with E-state index in [1.54, 1.807) is 6.20 Å². The third-order valence-electron chi connectivity index (χ3n) is 5.80. The van der Waals surface area contributed by atoms with Crippen LogP contribution in [0.1, 0.15) is 40.0 Å². The number of nitrogens with zero attached hydrogens (tertiary/aromatic N) is 3. The number of carbonyl (C=O) groups excluding carboxylic acids is 1. The van der Waals surface area contributed by atoms with E-state index < -0.39 is 0 Å². The van der Waals surface area contributed by atoms with Crippen LogP contribution in [0, 0.1) is 6.92 Å². The topological polar surface area (TPSA) is 78.4 Å². The summed E-state index contributed by atoms with van der Waals surface area (Å²) >= 11 is 2.32. The molecule has 32 heavy (non-hydrogen) atoms. The molecule has 3 aromatic rings. The zero-order valence-electron chi connectivity index (χ0n) is 18.1. The molecule has 0 aliphatic carbocycles. The first-order chi connectivity index (χ1) is 15.6. The lowest BCUT2D eigenvalue weighted by atomic mass is 10.0. The van der Waals surface area contributed by atoms with Gasteiger partial charge in [-0.1, -0.05) is 34.7 Å². The highest BCUT2D eigenvalue weighted by molar-refractivity contribution is 14.1. The van der Waals surface area contributed by atoms with Crippen molar-refractivity contribution in [2.75, 3.05) is 18.1 Å². The Morgan fingerprint density at radius 1 is 1.16 bits per heavy atom. The molecule has 0 radical (unpaired) electrons. The van der Waals surface area contributed by atoms with Gasteiger partial charge in [-0.15, -0.1) is 0 Å². The molecule has 166 valence electrons. The molecule has 2 aromatic heterocycles. The van der Waals surface area contributed by atoms with E-state index in [4.69, 9.17) is 0 Å². The van der Waals surface area contributed by atoms with Crippen molar-refractivity contribution in [1.82, 2.24) is 15.3 Å². The Labute approximate surface area is 202 Å². The SMILES string of the molecule is Cc1ccc(CNC(=O)c2cc(-c3ccc(CI)cn3)cc(N3CCC[C@@H]3CO)c2)cn1. The van der Waals surface area contributed by atoms with Crippen molar-refractivity contribution in [3.63, 3.8) is 0 Å². The van der Waals surface area contributed by atoms with Gasteiger partial charge >= 0.3 is 0 Å². The summed E-state index contributed by atoms with van der Waals surface area (Å²) in [6.45, 7) is 3.33. The number of aliphatic hydroxyl groups is 1. The van der Waals surface area contributed by atoms with Gasteiger partial charge in [0.05, 0.1) is 18.3 Å². The van der Waals surface area contributed by atoms with Gasteiger partial charge in [0.1, 0.15) is 0 Å². The van der Waals surface area contributed by atoms with Gasteiger partial charge in [-0.05, 0) is 61.2 Å². The molecule has 0 unspecified atom stereocenters. The van der Waals surface area contributed by atoms with Crippen LogP contribution in [0.25, 0.3) is 11.3 Å². The molecule has 0 bridgehead atoms. The van der Waals surface area contributed by atoms with Crippen molar-refractivity contribution < 1.29 is 9.90 Å². The van der Waals surface area contributed by atoms with Crippen LogP contribution in [0.3, 0.4) is 0 Å². The molecule has 4 rings (SSSR count). The maximum absolute atomic E-state index is 13.1. The third-order valence-corrected chi connectivity index (χ3v) is 6.68. The Morgan fingerprint density at radius 2 is 1.97 bits per heavy atom. The minimum absolute atomic E-state index is 0.0779. The number of anilines is 1. The van der Waals surface area contributed by atoms with E-state index in [2.05, 4.69) is 54.9 Å². The molecule has 1 aliphatic heterocycles. The number of aliphatic hydroxyl groups excluding tert-OH is 1. The average molecular weight is 542 g/mol. The molecule has 1 amide bonds. The maximum atomic E-state index is 13.1. The second-order valence-corrected chi connectivity index (χ2v) is 8.88. The summed E-state index contributed by atoms with van der Waals surface area (Å²) < 4.78 is 0.901. The number of halogens is 1. The molecular weight excluding hydrogens is 515 g/mol. The summed E-state index contributed by atoms with van der Waals surface area (Å²) in [7, 11) is 0. The highest BCUT2D eigenvalue weighted by Crippen LogP contribution is 2.31. The van der Waals surface area contributed by atoms with Gasteiger partial charge < -0.3 is 15.3 Å². The number of hydrogen-bond donors (Lipinski definition) is 2. The Hall–Kier alpha value is -2.52. The standard InChI is InChI=1S/C25H27IN4O2/c1-17-4-5-19(14-27-17)15-29-25(32)21-9-20(24-7-6-18(12-26)13-28-24)10-23(11-21)30-8-2-3-22(30)16-31/h4-7,9-11,13-14,22,31H,2-3,8,12,15-16H2,1H3,(H,29,32)/t22-/m1/s1. The van der Waals surface area contributed by atoms with Gasteiger partial charge in [-0.2, -0.15) is 0 Å². The zero-order valence-corrected chi connectivity index (χ0v) is 20.2. The van der Waals surface area contributed by atoms with Crippen LogP contribution in [-0.4, -0.2) is 40.2 Å². The third kappa shape index (κ3) is 5.27. The predicted octanol–water partition coefficient (Wildman–Crippen LogP) is 4.28. The molecule has 3 heterocycles. The molecule has 1 saturated heterocycles. The smallest absolute Gasteiger partial charge is 0.251 e. The molecule has 6 nitrogen and oxygen atoms in total. The van der Waals surface area contributed by atoms with Gasteiger partial charge in [0.15, 0.2) is 0 Å². The summed E-state index contributed by atoms with van der Waals surface area (Å²) in [5, 5.41) is 12.8. The minimum Gasteiger partial charge on any atom is -0.394 e. The fourth-order valence-corrected chi connectivity index (χ4v) is 4.43. The van der Waals surface area contributed by atoms with Crippen LogP contribution in [0.15, 0.2) is 54.9 Å². The molecule has 1 atom stereocenters. The molecule has 7 heteroatoms. The monoisotopic (exact) mass is 542 g/mol. The molecule has 1 aliphatic rings. The Bertz CT molecular complexity index is 1070. The Morgan fingerprint density at radius 3 is 2.66 bits per heavy atom. The zero-order chi connectivity index (χ0) is 22.5. The van der Waals surface area contributed by atoms with Crippen LogP contribution in [-0.2, 0) is 11.0 Å². The lowest BCUT2D eigenvalue weighted by Gasteiger charge is -2.26. The van der Waals surface area contributed by atoms with E-state index in [0.717, 1.165) is 57.6 Å². The lowest BCUT2D eigenvalue weighted by Crippen LogP contribution is -2.32. The van der Waals surface area contributed by atoms with Crippen LogP contribution in [0.2, 0.25) is 0 Å². The summed E-state index contributed by atoms with van der Waals surface area (Å²) in [5.41, 5.74) is 6.32. The lowest BCUT2D eigenvalue weighted by molar-refractivity contribution is 0.0951. The van der Waals surface area contributed by atoms with Crippen molar-refractivity contribution in [2.45, 2.75) is 36.8 Å². The molecule has 2 N–H and O–H groups in total. The summed E-state index contributed by atoms with van der Waals surface area (Å²) in [6, 6.07) is 13.9. The number of alkyl halides is 1. The van der Waals surface area contributed by atoms with E-state index in [1.165, 1.54) is 0 Å². The number of benzene rings is 1. The van der Waals surface area contributed by atoms with E-state index >= 15 is 0 Å². The van der Waals surface area contributed by atoms with Gasteiger partial charge in [0, 0.05) is 52.4 Å². The van der Waals surface area contributed by atoms with Gasteiger partial charge in [0.2, 0.25) is 0 Å². The first-order valence-corrected chi connectivity index (χ1v) is 12.3. The van der Waals surface area contributed by atoms with Crippen LogP contribution >= 0.6 is 22.6 Å². The summed E-state index contributed by atoms with van der Waals surface area (Å²) in [6.07, 6.45) is 5.64. The number of amides is 1. The Kier molecular flexibility index (Phi) is 7.36. The van der Waals surface area contributed by atoms with E-state index in [1.807, 2.05) is 43.5 Å². The largest absolute Gasteiger partial charge is 0.394 e. The van der Waals surface area contributed by atoms with Gasteiger partial charge in [-0.25, -0.2) is 0 Å². The normalized spacial score (nSPS) is 15.7. The van der Waals surface area contributed by atoms with Crippen LogP contribution in [0.5, 0.6) is 0 Å². The first kappa shape index (κ1) is 22.7. The maximum Gasteiger partial charge on any atom is 0.251 e. The Balaban J connectivity index is 1.64. The fraction of sp³-hybridized carbons (Fsp3) is 0.320. The molecule has 0 spiro atoms.